The molecule has 2 aliphatic heterocycles. The summed E-state index contributed by atoms with van der Waals surface area (Å²) in [5, 5.41) is 3.28. The van der Waals surface area contributed by atoms with Crippen LogP contribution in [0.3, 0.4) is 0 Å². The second-order valence-corrected chi connectivity index (χ2v) is 5.43. The van der Waals surface area contributed by atoms with Crippen LogP contribution in [0.25, 0.3) is 0 Å². The maximum Gasteiger partial charge on any atom is 0.419 e. The first kappa shape index (κ1) is 15.3. The number of nitrogens with zero attached hydrogens (tertiary/aromatic N) is 1. The highest BCUT2D eigenvalue weighted by atomic mass is 19.4. The van der Waals surface area contributed by atoms with Gasteiger partial charge in [0.15, 0.2) is 0 Å². The summed E-state index contributed by atoms with van der Waals surface area (Å²) in [4.78, 5) is 3.88. The number of hydrogen-bond donors (Lipinski definition) is 2. The van der Waals surface area contributed by atoms with Crippen LogP contribution in [0.1, 0.15) is 19.3 Å². The van der Waals surface area contributed by atoms with Gasteiger partial charge in [0.25, 0.3) is 0 Å². The highest BCUT2D eigenvalue weighted by Gasteiger charge is 2.40. The van der Waals surface area contributed by atoms with E-state index in [1.807, 2.05) is 0 Å². The van der Waals surface area contributed by atoms with Gasteiger partial charge in [-0.15, -0.1) is 0 Å². The van der Waals surface area contributed by atoms with Crippen molar-refractivity contribution >= 4 is 6.21 Å². The topological polar surface area (TPSA) is 59.6 Å². The van der Waals surface area contributed by atoms with Crippen LogP contribution in [0.5, 0.6) is 0 Å². The number of hydrogen-bond acceptors (Lipinski definition) is 4. The summed E-state index contributed by atoms with van der Waals surface area (Å²) in [5.74, 6) is 0.191. The number of nitrogens with two attached hydrogens (primary N) is 1. The average Bonchev–Trinajstić information content (AvgIpc) is 2.77. The van der Waals surface area contributed by atoms with Crippen molar-refractivity contribution in [3.05, 3.63) is 11.8 Å². The fourth-order valence-electron chi connectivity index (χ4n) is 2.80. The molecule has 0 aromatic carbocycles. The van der Waals surface area contributed by atoms with Crippen molar-refractivity contribution in [1.82, 2.24) is 5.32 Å². The van der Waals surface area contributed by atoms with Gasteiger partial charge in [-0.05, 0) is 32.4 Å². The van der Waals surface area contributed by atoms with E-state index in [1.165, 1.54) is 0 Å². The largest absolute Gasteiger partial charge is 0.419 e. The molecular weight excluding hydrogens is 271 g/mol. The summed E-state index contributed by atoms with van der Waals surface area (Å²) < 4.78 is 43.2. The molecule has 2 aliphatic rings. The van der Waals surface area contributed by atoms with Gasteiger partial charge in [-0.25, -0.2) is 0 Å². The smallest absolute Gasteiger partial charge is 0.404 e. The van der Waals surface area contributed by atoms with Gasteiger partial charge in [-0.2, -0.15) is 13.2 Å². The minimum absolute atomic E-state index is 0.0813. The van der Waals surface area contributed by atoms with E-state index >= 15 is 0 Å². The van der Waals surface area contributed by atoms with E-state index in [1.54, 1.807) is 0 Å². The first-order valence-electron chi connectivity index (χ1n) is 6.79. The zero-order valence-electron chi connectivity index (χ0n) is 11.2. The Morgan fingerprint density at radius 2 is 2.10 bits per heavy atom. The number of piperidine rings is 1. The summed E-state index contributed by atoms with van der Waals surface area (Å²) in [6.45, 7) is 2.79. The molecule has 2 saturated heterocycles. The van der Waals surface area contributed by atoms with Crippen molar-refractivity contribution in [2.24, 2.45) is 16.6 Å². The maximum atomic E-state index is 12.4. The van der Waals surface area contributed by atoms with Gasteiger partial charge in [-0.1, -0.05) is 0 Å². The van der Waals surface area contributed by atoms with Gasteiger partial charge < -0.3 is 15.8 Å². The van der Waals surface area contributed by atoms with Crippen LogP contribution in [0, 0.1) is 5.92 Å². The number of nitrogens with one attached hydrogen (secondary N) is 1. The Bertz CT molecular complexity index is 387. The standard InChI is InChI=1S/C13H20F3N3O/c14-13(15,16)11(6-17)8-19-7-10-5-12(20-9-10)1-3-18-4-2-12/h6,8,10,18H,1-5,7,9,17H2. The Morgan fingerprint density at radius 1 is 1.40 bits per heavy atom. The van der Waals surface area contributed by atoms with Crippen molar-refractivity contribution in [1.29, 1.82) is 0 Å². The van der Waals surface area contributed by atoms with E-state index in [0.717, 1.165) is 38.6 Å². The first-order chi connectivity index (χ1) is 9.45. The molecule has 2 fully saturated rings. The van der Waals surface area contributed by atoms with Gasteiger partial charge >= 0.3 is 6.18 Å². The van der Waals surface area contributed by atoms with Gasteiger partial charge in [0.05, 0.1) is 17.8 Å². The van der Waals surface area contributed by atoms with Crippen LogP contribution in [0.15, 0.2) is 16.8 Å². The monoisotopic (exact) mass is 291 g/mol. The van der Waals surface area contributed by atoms with Gasteiger partial charge in [0, 0.05) is 24.9 Å². The van der Waals surface area contributed by atoms with Crippen molar-refractivity contribution in [3.8, 4) is 0 Å². The maximum absolute atomic E-state index is 12.4. The first-order valence-corrected chi connectivity index (χ1v) is 6.79. The Kier molecular flexibility index (Phi) is 4.70. The number of alkyl halides is 3. The zero-order chi connectivity index (χ0) is 14.6. The van der Waals surface area contributed by atoms with Crippen LogP contribution in [0.4, 0.5) is 13.2 Å². The molecule has 0 aliphatic carbocycles. The third-order valence-corrected chi connectivity index (χ3v) is 3.90. The van der Waals surface area contributed by atoms with Crippen molar-refractivity contribution in [2.75, 3.05) is 26.2 Å². The van der Waals surface area contributed by atoms with Crippen LogP contribution < -0.4 is 11.1 Å². The number of halogens is 3. The van der Waals surface area contributed by atoms with Crippen LogP contribution in [0.2, 0.25) is 0 Å². The molecule has 3 N–H and O–H groups in total. The molecule has 20 heavy (non-hydrogen) atoms. The number of rotatable bonds is 3. The van der Waals surface area contributed by atoms with E-state index in [-0.39, 0.29) is 11.5 Å². The molecule has 1 atom stereocenters. The lowest BCUT2D eigenvalue weighted by Gasteiger charge is -2.32. The Labute approximate surface area is 116 Å². The SMILES string of the molecule is NC=C(C=NCC1COC2(CCNCC2)C1)C(F)(F)F. The van der Waals surface area contributed by atoms with Crippen LogP contribution >= 0.6 is 0 Å². The molecular formula is C13H20F3N3O. The number of allylic oxidation sites excluding steroid dienone is 1. The predicted molar refractivity (Wildman–Crippen MR) is 70.6 cm³/mol. The summed E-state index contributed by atoms with van der Waals surface area (Å²) in [6, 6.07) is 0. The molecule has 4 nitrogen and oxygen atoms in total. The Balaban J connectivity index is 1.84. The molecule has 1 unspecified atom stereocenters. The third-order valence-electron chi connectivity index (χ3n) is 3.90. The second kappa shape index (κ2) is 6.13. The van der Waals surface area contributed by atoms with E-state index < -0.39 is 11.7 Å². The molecule has 0 radical (unpaired) electrons. The molecule has 7 heteroatoms. The zero-order valence-corrected chi connectivity index (χ0v) is 11.2. The molecule has 0 aromatic rings. The lowest BCUT2D eigenvalue weighted by Crippen LogP contribution is -2.41. The molecule has 114 valence electrons. The fraction of sp³-hybridized carbons (Fsp3) is 0.769. The number of aliphatic imine (C=N–C) groups is 1. The molecule has 0 amide bonds. The van der Waals surface area contributed by atoms with Crippen molar-refractivity contribution in [3.63, 3.8) is 0 Å². The van der Waals surface area contributed by atoms with E-state index in [4.69, 9.17) is 10.5 Å². The van der Waals surface area contributed by atoms with E-state index in [0.29, 0.717) is 19.4 Å². The molecule has 0 aromatic heterocycles. The molecule has 2 heterocycles. The summed E-state index contributed by atoms with van der Waals surface area (Å²) in [5.41, 5.74) is 3.97. The summed E-state index contributed by atoms with van der Waals surface area (Å²) in [7, 11) is 0. The lowest BCUT2D eigenvalue weighted by atomic mass is 9.86. The second-order valence-electron chi connectivity index (χ2n) is 5.43. The average molecular weight is 291 g/mol. The normalized spacial score (nSPS) is 27.6. The third kappa shape index (κ3) is 3.73. The number of ether oxygens (including phenoxy) is 1. The molecule has 2 rings (SSSR count). The summed E-state index contributed by atoms with van der Waals surface area (Å²) >= 11 is 0. The van der Waals surface area contributed by atoms with Crippen molar-refractivity contribution < 1.29 is 17.9 Å². The van der Waals surface area contributed by atoms with Crippen LogP contribution in [-0.2, 0) is 4.74 Å². The van der Waals surface area contributed by atoms with Crippen LogP contribution in [-0.4, -0.2) is 44.2 Å². The quantitative estimate of drug-likeness (QED) is 0.777. The van der Waals surface area contributed by atoms with E-state index in [2.05, 4.69) is 10.3 Å². The minimum Gasteiger partial charge on any atom is -0.404 e. The van der Waals surface area contributed by atoms with Gasteiger partial charge in [0.1, 0.15) is 0 Å². The van der Waals surface area contributed by atoms with Crippen molar-refractivity contribution in [2.45, 2.75) is 31.0 Å². The highest BCUT2D eigenvalue weighted by molar-refractivity contribution is 5.80. The van der Waals surface area contributed by atoms with Gasteiger partial charge in [-0.3, -0.25) is 4.99 Å². The fourth-order valence-corrected chi connectivity index (χ4v) is 2.80. The molecule has 0 saturated carbocycles. The Morgan fingerprint density at radius 3 is 2.70 bits per heavy atom. The summed E-state index contributed by atoms with van der Waals surface area (Å²) in [6.07, 6.45) is -0.288. The predicted octanol–water partition coefficient (Wildman–Crippen LogP) is 1.62. The highest BCUT2D eigenvalue weighted by Crippen LogP contribution is 2.37. The molecule has 1 spiro atoms. The minimum atomic E-state index is -4.44. The van der Waals surface area contributed by atoms with E-state index in [9.17, 15) is 13.2 Å². The van der Waals surface area contributed by atoms with Gasteiger partial charge in [0.2, 0.25) is 0 Å². The lowest BCUT2D eigenvalue weighted by molar-refractivity contribution is -0.0857. The molecule has 0 bridgehead atoms. The Hall–Kier alpha value is -1.08.